The smallest absolute Gasteiger partial charge is 0.473 e. The minimum atomic E-state index is -0.612. The Bertz CT molecular complexity index is 1950. The van der Waals surface area contributed by atoms with Crippen molar-refractivity contribution in [2.45, 2.75) is 70.9 Å². The lowest BCUT2D eigenvalue weighted by Crippen LogP contribution is -2.41. The van der Waals surface area contributed by atoms with Crippen LogP contribution in [-0.2, 0) is 22.5 Å². The van der Waals surface area contributed by atoms with E-state index in [1.54, 1.807) is 6.07 Å². The predicted octanol–water partition coefficient (Wildman–Crippen LogP) is 8.87. The molecule has 9 heteroatoms. The first-order valence-corrected chi connectivity index (χ1v) is 17.6. The van der Waals surface area contributed by atoms with Gasteiger partial charge in [0.25, 0.3) is 0 Å². The molecule has 0 radical (unpaired) electrons. The first-order valence-electron chi connectivity index (χ1n) is 17.6. The topological polar surface area (TPSA) is 53.1 Å². The highest BCUT2D eigenvalue weighted by atomic mass is 19.1. The van der Waals surface area contributed by atoms with Crippen molar-refractivity contribution in [1.82, 2.24) is 4.98 Å². The van der Waals surface area contributed by atoms with Gasteiger partial charge in [-0.05, 0) is 98.4 Å². The number of halogens is 2. The summed E-state index contributed by atoms with van der Waals surface area (Å²) in [6.45, 7) is 9.83. The molecular formula is C42H43BF2N2O4. The molecular weight excluding hydrogens is 645 g/mol. The lowest BCUT2D eigenvalue weighted by Gasteiger charge is -2.34. The van der Waals surface area contributed by atoms with Gasteiger partial charge in [-0.3, -0.25) is 0 Å². The second kappa shape index (κ2) is 14.5. The molecule has 2 saturated heterocycles. The van der Waals surface area contributed by atoms with Crippen molar-refractivity contribution in [3.8, 4) is 22.9 Å². The van der Waals surface area contributed by atoms with Crippen molar-refractivity contribution < 1.29 is 27.6 Å². The number of hydrogen-bond acceptors (Lipinski definition) is 6. The van der Waals surface area contributed by atoms with Gasteiger partial charge in [-0.2, -0.15) is 4.98 Å². The molecule has 0 unspecified atom stereocenters. The van der Waals surface area contributed by atoms with Crippen LogP contribution in [0, 0.1) is 11.6 Å². The van der Waals surface area contributed by atoms with Crippen LogP contribution in [0.2, 0.25) is 0 Å². The minimum Gasteiger partial charge on any atom is -0.473 e. The molecule has 2 aliphatic heterocycles. The van der Waals surface area contributed by atoms with E-state index in [9.17, 15) is 0 Å². The zero-order valence-corrected chi connectivity index (χ0v) is 29.6. The number of piperidine rings is 1. The molecule has 0 bridgehead atoms. The molecule has 6 nitrogen and oxygen atoms in total. The van der Waals surface area contributed by atoms with Crippen molar-refractivity contribution in [1.29, 1.82) is 0 Å². The van der Waals surface area contributed by atoms with Gasteiger partial charge in [-0.1, -0.05) is 78.9 Å². The summed E-state index contributed by atoms with van der Waals surface area (Å²) in [4.78, 5) is 6.72. The lowest BCUT2D eigenvalue weighted by molar-refractivity contribution is 0.00578. The summed E-state index contributed by atoms with van der Waals surface area (Å²) in [6.07, 6.45) is 1.42. The van der Waals surface area contributed by atoms with Gasteiger partial charge >= 0.3 is 7.12 Å². The van der Waals surface area contributed by atoms with E-state index in [-0.39, 0.29) is 17.6 Å². The lowest BCUT2D eigenvalue weighted by atomic mass is 9.77. The third kappa shape index (κ3) is 7.65. The monoisotopic (exact) mass is 688 g/mol. The molecule has 4 aromatic carbocycles. The van der Waals surface area contributed by atoms with Crippen LogP contribution in [0.25, 0.3) is 11.1 Å². The van der Waals surface area contributed by atoms with Crippen molar-refractivity contribution in [3.05, 3.63) is 138 Å². The Morgan fingerprint density at radius 2 is 1.35 bits per heavy atom. The van der Waals surface area contributed by atoms with Gasteiger partial charge < -0.3 is 23.7 Å². The van der Waals surface area contributed by atoms with Gasteiger partial charge in [0.1, 0.15) is 24.8 Å². The Morgan fingerprint density at radius 1 is 0.725 bits per heavy atom. The Labute approximate surface area is 299 Å². The van der Waals surface area contributed by atoms with Crippen LogP contribution in [0.15, 0.2) is 109 Å². The Kier molecular flexibility index (Phi) is 9.86. The number of aromatic nitrogens is 1. The van der Waals surface area contributed by atoms with E-state index >= 15 is 8.78 Å². The summed E-state index contributed by atoms with van der Waals surface area (Å²) in [5.74, 6) is 0.233. The predicted molar refractivity (Wildman–Crippen MR) is 197 cm³/mol. The number of rotatable bonds is 10. The molecule has 0 aliphatic carbocycles. The van der Waals surface area contributed by atoms with Crippen LogP contribution >= 0.6 is 0 Å². The number of nitrogens with zero attached hydrogens (tertiary/aromatic N) is 2. The van der Waals surface area contributed by atoms with Crippen molar-refractivity contribution in [3.63, 3.8) is 0 Å². The normalized spacial score (nSPS) is 17.1. The standard InChI is InChI=1S/C42H43BF2N2O4/c1-41(2)42(3,4)51-43(50-41)33-16-17-34(36(44)26-33)31-21-23-47(24-22-31)38-19-15-32(25-37(38)45)35-18-20-39(48-27-29-11-7-5-8-12-29)46-40(35)49-28-30-13-9-6-10-14-30/h5-20,25-26,31H,21-24,27-28H2,1-4H3. The molecule has 1 aromatic heterocycles. The van der Waals surface area contributed by atoms with Gasteiger partial charge in [-0.25, -0.2) is 8.78 Å². The quantitative estimate of drug-likeness (QED) is 0.137. The maximum absolute atomic E-state index is 15.9. The van der Waals surface area contributed by atoms with Gasteiger partial charge in [-0.15, -0.1) is 0 Å². The maximum Gasteiger partial charge on any atom is 0.494 e. The highest BCUT2D eigenvalue weighted by Crippen LogP contribution is 2.38. The van der Waals surface area contributed by atoms with E-state index in [1.807, 2.05) is 124 Å². The van der Waals surface area contributed by atoms with Crippen LogP contribution in [0.1, 0.15) is 63.1 Å². The van der Waals surface area contributed by atoms with Crippen molar-refractivity contribution in [2.24, 2.45) is 0 Å². The molecule has 262 valence electrons. The SMILES string of the molecule is CC1(C)OB(c2ccc(C3CCN(c4ccc(-c5ccc(OCc6ccccc6)nc5OCc5ccccc5)cc4F)CC3)c(F)c2)OC1(C)C. The molecule has 2 aliphatic rings. The number of hydrogen-bond donors (Lipinski definition) is 0. The zero-order chi connectivity index (χ0) is 35.6. The van der Waals surface area contributed by atoms with E-state index < -0.39 is 18.3 Å². The minimum absolute atomic E-state index is 0.0361. The average molecular weight is 689 g/mol. The van der Waals surface area contributed by atoms with Gasteiger partial charge in [0.15, 0.2) is 0 Å². The molecule has 7 rings (SSSR count). The fourth-order valence-electron chi connectivity index (χ4n) is 6.65. The number of ether oxygens (including phenoxy) is 2. The molecule has 5 aromatic rings. The average Bonchev–Trinajstić information content (AvgIpc) is 3.36. The Balaban J connectivity index is 1.04. The fourth-order valence-corrected chi connectivity index (χ4v) is 6.65. The van der Waals surface area contributed by atoms with Crippen molar-refractivity contribution >= 4 is 18.3 Å². The zero-order valence-electron chi connectivity index (χ0n) is 29.6. The van der Waals surface area contributed by atoms with E-state index in [2.05, 4.69) is 4.98 Å². The molecule has 0 amide bonds. The summed E-state index contributed by atoms with van der Waals surface area (Å²) >= 11 is 0. The first-order chi connectivity index (χ1) is 24.6. The number of pyridine rings is 1. The molecule has 51 heavy (non-hydrogen) atoms. The van der Waals surface area contributed by atoms with Crippen LogP contribution in [0.5, 0.6) is 11.8 Å². The second-order valence-electron chi connectivity index (χ2n) is 14.3. The number of benzene rings is 4. The molecule has 0 N–H and O–H groups in total. The fraction of sp³-hybridized carbons (Fsp3) is 0.310. The summed E-state index contributed by atoms with van der Waals surface area (Å²) in [7, 11) is -0.612. The highest BCUT2D eigenvalue weighted by molar-refractivity contribution is 6.62. The third-order valence-corrected chi connectivity index (χ3v) is 10.4. The van der Waals surface area contributed by atoms with Gasteiger partial charge in [0.2, 0.25) is 11.8 Å². The largest absolute Gasteiger partial charge is 0.494 e. The van der Waals surface area contributed by atoms with E-state index in [4.69, 9.17) is 18.8 Å². The van der Waals surface area contributed by atoms with Crippen LogP contribution in [0.4, 0.5) is 14.5 Å². The third-order valence-electron chi connectivity index (χ3n) is 10.4. The van der Waals surface area contributed by atoms with Gasteiger partial charge in [0, 0.05) is 24.7 Å². The molecule has 3 heterocycles. The highest BCUT2D eigenvalue weighted by Gasteiger charge is 2.51. The second-order valence-corrected chi connectivity index (χ2v) is 14.3. The number of anilines is 1. The molecule has 0 spiro atoms. The first kappa shape index (κ1) is 34.7. The van der Waals surface area contributed by atoms with Crippen molar-refractivity contribution in [2.75, 3.05) is 18.0 Å². The summed E-state index contributed by atoms with van der Waals surface area (Å²) in [5, 5.41) is 0. The van der Waals surface area contributed by atoms with Crippen LogP contribution < -0.4 is 19.8 Å². The van der Waals surface area contributed by atoms with Crippen LogP contribution in [-0.4, -0.2) is 36.4 Å². The Morgan fingerprint density at radius 3 is 1.96 bits per heavy atom. The van der Waals surface area contributed by atoms with Crippen LogP contribution in [0.3, 0.4) is 0 Å². The van der Waals surface area contributed by atoms with Gasteiger partial charge in [0.05, 0.1) is 16.9 Å². The van der Waals surface area contributed by atoms with E-state index in [1.165, 1.54) is 12.1 Å². The summed E-state index contributed by atoms with van der Waals surface area (Å²) in [6, 6.07) is 33.9. The molecule has 2 fully saturated rings. The molecule has 0 atom stereocenters. The van der Waals surface area contributed by atoms with E-state index in [0.29, 0.717) is 78.7 Å². The van der Waals surface area contributed by atoms with E-state index in [0.717, 1.165) is 11.1 Å². The summed E-state index contributed by atoms with van der Waals surface area (Å²) in [5.41, 5.74) is 4.22. The molecule has 0 saturated carbocycles. The Hall–Kier alpha value is -4.73. The summed E-state index contributed by atoms with van der Waals surface area (Å²) < 4.78 is 55.8. The maximum atomic E-state index is 15.9.